The first kappa shape index (κ1) is 15.9. The molecule has 19 heavy (non-hydrogen) atoms. The summed E-state index contributed by atoms with van der Waals surface area (Å²) >= 11 is 0. The number of carbonyl (C=O) groups excluding carboxylic acids is 1. The number of benzene rings is 1. The van der Waals surface area contributed by atoms with Gasteiger partial charge in [0.15, 0.2) is 0 Å². The Morgan fingerprint density at radius 1 is 1.37 bits per heavy atom. The average molecular weight is 282 g/mol. The molecule has 0 aliphatic rings. The SMILES string of the molecule is CC(CCS(C)=O)NC(=O)CC(N)c1ccccc1. The van der Waals surface area contributed by atoms with Crippen molar-refractivity contribution in [3.63, 3.8) is 0 Å². The van der Waals surface area contributed by atoms with Gasteiger partial charge in [0.1, 0.15) is 0 Å². The molecule has 1 rings (SSSR count). The maximum Gasteiger partial charge on any atom is 0.222 e. The van der Waals surface area contributed by atoms with Crippen LogP contribution in [0.25, 0.3) is 0 Å². The van der Waals surface area contributed by atoms with Crippen molar-refractivity contribution in [1.29, 1.82) is 0 Å². The van der Waals surface area contributed by atoms with Gasteiger partial charge in [-0.3, -0.25) is 9.00 Å². The lowest BCUT2D eigenvalue weighted by molar-refractivity contribution is -0.122. The van der Waals surface area contributed by atoms with Crippen molar-refractivity contribution in [2.75, 3.05) is 12.0 Å². The number of nitrogens with one attached hydrogen (secondary N) is 1. The number of amides is 1. The molecule has 5 heteroatoms. The Morgan fingerprint density at radius 2 is 2.00 bits per heavy atom. The van der Waals surface area contributed by atoms with Crippen LogP contribution in [0.4, 0.5) is 0 Å². The van der Waals surface area contributed by atoms with E-state index >= 15 is 0 Å². The fourth-order valence-corrected chi connectivity index (χ4v) is 2.45. The molecule has 106 valence electrons. The van der Waals surface area contributed by atoms with Crippen molar-refractivity contribution in [2.45, 2.75) is 31.8 Å². The van der Waals surface area contributed by atoms with Gasteiger partial charge in [0.25, 0.3) is 0 Å². The first-order valence-corrected chi connectivity index (χ1v) is 8.11. The van der Waals surface area contributed by atoms with Gasteiger partial charge in [-0.05, 0) is 18.9 Å². The van der Waals surface area contributed by atoms with Crippen LogP contribution in [0.5, 0.6) is 0 Å². The van der Waals surface area contributed by atoms with Gasteiger partial charge in [0.2, 0.25) is 5.91 Å². The standard InChI is InChI=1S/C14H22N2O2S/c1-11(8-9-19(2)18)16-14(17)10-13(15)12-6-4-3-5-7-12/h3-7,11,13H,8-10,15H2,1-2H3,(H,16,17). The lowest BCUT2D eigenvalue weighted by atomic mass is 10.0. The minimum absolute atomic E-state index is 0.0272. The molecule has 0 radical (unpaired) electrons. The fraction of sp³-hybridized carbons (Fsp3) is 0.500. The maximum absolute atomic E-state index is 11.8. The van der Waals surface area contributed by atoms with Crippen LogP contribution in [-0.2, 0) is 15.6 Å². The van der Waals surface area contributed by atoms with E-state index in [0.29, 0.717) is 5.75 Å². The topological polar surface area (TPSA) is 72.2 Å². The molecule has 0 aliphatic carbocycles. The molecule has 0 saturated heterocycles. The average Bonchev–Trinajstić information content (AvgIpc) is 2.37. The number of nitrogens with two attached hydrogens (primary N) is 1. The molecule has 3 atom stereocenters. The molecule has 0 spiro atoms. The molecule has 1 aromatic carbocycles. The highest BCUT2D eigenvalue weighted by atomic mass is 32.2. The zero-order valence-corrected chi connectivity index (χ0v) is 12.3. The van der Waals surface area contributed by atoms with Crippen molar-refractivity contribution in [1.82, 2.24) is 5.32 Å². The molecule has 0 fully saturated rings. The lowest BCUT2D eigenvalue weighted by Gasteiger charge is -2.16. The molecule has 1 amide bonds. The Kier molecular flexibility index (Phi) is 6.73. The minimum atomic E-state index is -0.817. The monoisotopic (exact) mass is 282 g/mol. The van der Waals surface area contributed by atoms with Crippen LogP contribution in [0.15, 0.2) is 30.3 Å². The Bertz CT molecular complexity index is 423. The summed E-state index contributed by atoms with van der Waals surface area (Å²) in [7, 11) is -0.817. The van der Waals surface area contributed by atoms with Crippen LogP contribution in [0.3, 0.4) is 0 Å². The molecule has 0 heterocycles. The van der Waals surface area contributed by atoms with E-state index < -0.39 is 10.8 Å². The van der Waals surface area contributed by atoms with E-state index in [1.54, 1.807) is 6.26 Å². The van der Waals surface area contributed by atoms with Crippen molar-refractivity contribution in [3.8, 4) is 0 Å². The zero-order valence-electron chi connectivity index (χ0n) is 11.5. The predicted molar refractivity (Wildman–Crippen MR) is 79.1 cm³/mol. The van der Waals surface area contributed by atoms with Gasteiger partial charge in [-0.25, -0.2) is 0 Å². The third-order valence-electron chi connectivity index (χ3n) is 2.88. The summed E-state index contributed by atoms with van der Waals surface area (Å²) in [5.41, 5.74) is 6.94. The maximum atomic E-state index is 11.8. The van der Waals surface area contributed by atoms with Crippen molar-refractivity contribution in [2.24, 2.45) is 5.73 Å². The van der Waals surface area contributed by atoms with E-state index in [1.165, 1.54) is 0 Å². The largest absolute Gasteiger partial charge is 0.354 e. The Hall–Kier alpha value is -1.20. The third-order valence-corrected chi connectivity index (χ3v) is 3.69. The predicted octanol–water partition coefficient (Wildman–Crippen LogP) is 1.35. The van der Waals surface area contributed by atoms with Crippen molar-refractivity contribution in [3.05, 3.63) is 35.9 Å². The molecule has 1 aromatic rings. The summed E-state index contributed by atoms with van der Waals surface area (Å²) in [6, 6.07) is 9.32. The van der Waals surface area contributed by atoms with Gasteiger partial charge >= 0.3 is 0 Å². The number of rotatable bonds is 7. The Balaban J connectivity index is 2.36. The molecular weight excluding hydrogens is 260 g/mol. The fourth-order valence-electron chi connectivity index (χ4n) is 1.77. The molecule has 3 unspecified atom stereocenters. The molecule has 4 nitrogen and oxygen atoms in total. The molecule has 0 aromatic heterocycles. The van der Waals surface area contributed by atoms with Crippen molar-refractivity contribution >= 4 is 16.7 Å². The van der Waals surface area contributed by atoms with Gasteiger partial charge in [-0.15, -0.1) is 0 Å². The summed E-state index contributed by atoms with van der Waals surface area (Å²) in [5, 5.41) is 2.88. The second-order valence-corrected chi connectivity index (χ2v) is 6.31. The Morgan fingerprint density at radius 3 is 2.58 bits per heavy atom. The molecule has 0 aliphatic heterocycles. The number of hydrogen-bond acceptors (Lipinski definition) is 3. The van der Waals surface area contributed by atoms with E-state index in [1.807, 2.05) is 37.3 Å². The lowest BCUT2D eigenvalue weighted by Crippen LogP contribution is -2.35. The van der Waals surface area contributed by atoms with E-state index in [9.17, 15) is 9.00 Å². The van der Waals surface area contributed by atoms with Crippen LogP contribution in [0.2, 0.25) is 0 Å². The van der Waals surface area contributed by atoms with Crippen LogP contribution < -0.4 is 11.1 Å². The Labute approximate surface area is 117 Å². The summed E-state index contributed by atoms with van der Waals surface area (Å²) in [5.74, 6) is 0.539. The second-order valence-electron chi connectivity index (χ2n) is 4.76. The van der Waals surface area contributed by atoms with Gasteiger partial charge < -0.3 is 11.1 Å². The highest BCUT2D eigenvalue weighted by Gasteiger charge is 2.13. The van der Waals surface area contributed by atoms with Crippen LogP contribution in [0.1, 0.15) is 31.4 Å². The van der Waals surface area contributed by atoms with Crippen LogP contribution in [0, 0.1) is 0 Å². The van der Waals surface area contributed by atoms with Gasteiger partial charge in [0.05, 0.1) is 0 Å². The zero-order chi connectivity index (χ0) is 14.3. The van der Waals surface area contributed by atoms with Gasteiger partial charge in [-0.2, -0.15) is 0 Å². The first-order chi connectivity index (χ1) is 8.99. The molecular formula is C14H22N2O2S. The van der Waals surface area contributed by atoms with E-state index in [-0.39, 0.29) is 24.4 Å². The van der Waals surface area contributed by atoms with E-state index in [0.717, 1.165) is 12.0 Å². The number of carbonyl (C=O) groups is 1. The van der Waals surface area contributed by atoms with E-state index in [2.05, 4.69) is 5.32 Å². The quantitative estimate of drug-likeness (QED) is 0.793. The molecule has 0 saturated carbocycles. The summed E-state index contributed by atoms with van der Waals surface area (Å²) in [4.78, 5) is 11.8. The van der Waals surface area contributed by atoms with Crippen LogP contribution >= 0.6 is 0 Å². The summed E-state index contributed by atoms with van der Waals surface area (Å²) in [6.45, 7) is 1.92. The second kappa shape index (κ2) is 8.07. The number of hydrogen-bond donors (Lipinski definition) is 2. The van der Waals surface area contributed by atoms with Crippen LogP contribution in [-0.4, -0.2) is 28.2 Å². The highest BCUT2D eigenvalue weighted by Crippen LogP contribution is 2.13. The smallest absolute Gasteiger partial charge is 0.222 e. The van der Waals surface area contributed by atoms with Gasteiger partial charge in [-0.1, -0.05) is 30.3 Å². The van der Waals surface area contributed by atoms with Crippen molar-refractivity contribution < 1.29 is 9.00 Å². The third kappa shape index (κ3) is 6.50. The minimum Gasteiger partial charge on any atom is -0.354 e. The van der Waals surface area contributed by atoms with Gasteiger partial charge in [0, 0.05) is 41.3 Å². The highest BCUT2D eigenvalue weighted by molar-refractivity contribution is 7.84. The molecule has 0 bridgehead atoms. The summed E-state index contributed by atoms with van der Waals surface area (Å²) < 4.78 is 11.0. The normalized spacial score (nSPS) is 15.5. The van der Waals surface area contributed by atoms with E-state index in [4.69, 9.17) is 5.73 Å². The summed E-state index contributed by atoms with van der Waals surface area (Å²) in [6.07, 6.45) is 2.65. The molecule has 3 N–H and O–H groups in total. The first-order valence-electron chi connectivity index (χ1n) is 6.39.